The summed E-state index contributed by atoms with van der Waals surface area (Å²) in [6.07, 6.45) is 7.12. The Morgan fingerprint density at radius 3 is 1.32 bits per heavy atom. The Balaban J connectivity index is 2.93. The van der Waals surface area contributed by atoms with Gasteiger partial charge in [0, 0.05) is 0 Å². The zero-order valence-electron chi connectivity index (χ0n) is 21.3. The topological polar surface area (TPSA) is 127 Å². The first-order chi connectivity index (χ1) is 16.2. The quantitative estimate of drug-likeness (QED) is 0.295. The van der Waals surface area contributed by atoms with Crippen LogP contribution in [-0.2, 0) is 28.7 Å². The van der Waals surface area contributed by atoms with Gasteiger partial charge in [0.15, 0.2) is 0 Å². The van der Waals surface area contributed by atoms with Crippen molar-refractivity contribution in [1.29, 1.82) is 0 Å². The molecule has 2 N–H and O–H groups in total. The van der Waals surface area contributed by atoms with Crippen LogP contribution in [0, 0.1) is 35.5 Å². The van der Waals surface area contributed by atoms with Crippen LogP contribution in [0.2, 0.25) is 0 Å². The van der Waals surface area contributed by atoms with Crippen LogP contribution in [0.25, 0.3) is 0 Å². The normalized spacial score (nSPS) is 24.1. The average molecular weight is 485 g/mol. The molecular weight excluding hydrogens is 440 g/mol. The smallest absolute Gasteiger partial charge is 0.309 e. The highest BCUT2D eigenvalue weighted by Crippen LogP contribution is 2.40. The minimum Gasteiger partial charge on any atom is -0.481 e. The number of carboxylic acids is 2. The van der Waals surface area contributed by atoms with Gasteiger partial charge < -0.3 is 19.7 Å². The van der Waals surface area contributed by atoms with Crippen LogP contribution in [0.5, 0.6) is 0 Å². The molecule has 0 heterocycles. The van der Waals surface area contributed by atoms with E-state index in [1.54, 1.807) is 0 Å². The highest BCUT2D eigenvalue weighted by molar-refractivity contribution is 5.86. The summed E-state index contributed by atoms with van der Waals surface area (Å²) < 4.78 is 11.0. The second kappa shape index (κ2) is 15.7. The fourth-order valence-corrected chi connectivity index (χ4v) is 4.68. The number of carbonyl (C=O) groups is 4. The van der Waals surface area contributed by atoms with E-state index in [1.165, 1.54) is 0 Å². The van der Waals surface area contributed by atoms with E-state index in [-0.39, 0.29) is 37.9 Å². The van der Waals surface area contributed by atoms with Crippen LogP contribution in [0.4, 0.5) is 0 Å². The SMILES string of the molecule is CCCCC(CC)COC(=O)C1CC(C(=O)OCC(CC)CCCC)C(C(=O)O)CC1C(=O)O. The van der Waals surface area contributed by atoms with E-state index in [0.29, 0.717) is 0 Å². The van der Waals surface area contributed by atoms with Gasteiger partial charge in [-0.1, -0.05) is 66.2 Å². The van der Waals surface area contributed by atoms with Gasteiger partial charge in [-0.25, -0.2) is 0 Å². The zero-order chi connectivity index (χ0) is 25.7. The summed E-state index contributed by atoms with van der Waals surface area (Å²) in [6.45, 7) is 8.60. The van der Waals surface area contributed by atoms with Gasteiger partial charge >= 0.3 is 23.9 Å². The number of rotatable bonds is 16. The Morgan fingerprint density at radius 2 is 1.03 bits per heavy atom. The van der Waals surface area contributed by atoms with E-state index in [9.17, 15) is 29.4 Å². The van der Waals surface area contributed by atoms with Crippen molar-refractivity contribution in [3.05, 3.63) is 0 Å². The molecule has 0 spiro atoms. The van der Waals surface area contributed by atoms with E-state index in [1.807, 2.05) is 13.8 Å². The standard InChI is InChI=1S/C26H44O8/c1-5-9-11-17(7-3)15-33-25(31)21-14-22(20(24(29)30)13-19(21)23(27)28)26(32)34-16-18(8-4)12-10-6-2/h17-22H,5-16H2,1-4H3,(H,27,28)(H,29,30). The molecule has 0 aromatic rings. The summed E-state index contributed by atoms with van der Waals surface area (Å²) in [5.41, 5.74) is 0. The fraction of sp³-hybridized carbons (Fsp3) is 0.846. The number of esters is 2. The van der Waals surface area contributed by atoms with Crippen LogP contribution < -0.4 is 0 Å². The average Bonchev–Trinajstić information content (AvgIpc) is 2.82. The highest BCUT2D eigenvalue weighted by atomic mass is 16.5. The summed E-state index contributed by atoms with van der Waals surface area (Å²) in [5, 5.41) is 19.4. The second-order valence-electron chi connectivity index (χ2n) is 9.67. The lowest BCUT2D eigenvalue weighted by Gasteiger charge is -2.35. The number of aliphatic carboxylic acids is 2. The van der Waals surface area contributed by atoms with Gasteiger partial charge in [0.25, 0.3) is 0 Å². The number of carbonyl (C=O) groups excluding carboxylic acids is 2. The first kappa shape index (κ1) is 29.9. The molecule has 6 atom stereocenters. The molecule has 0 aromatic carbocycles. The molecule has 1 saturated carbocycles. The van der Waals surface area contributed by atoms with E-state index in [4.69, 9.17) is 9.47 Å². The van der Waals surface area contributed by atoms with E-state index in [0.717, 1.165) is 51.4 Å². The number of ether oxygens (including phenoxy) is 2. The van der Waals surface area contributed by atoms with E-state index >= 15 is 0 Å². The van der Waals surface area contributed by atoms with Crippen molar-refractivity contribution in [3.63, 3.8) is 0 Å². The Kier molecular flexibility index (Phi) is 13.8. The molecule has 0 saturated heterocycles. The molecule has 1 fully saturated rings. The lowest BCUT2D eigenvalue weighted by atomic mass is 9.68. The number of hydrogen-bond donors (Lipinski definition) is 2. The zero-order valence-corrected chi connectivity index (χ0v) is 21.3. The Morgan fingerprint density at radius 1 is 0.676 bits per heavy atom. The lowest BCUT2D eigenvalue weighted by molar-refractivity contribution is -0.173. The molecule has 0 radical (unpaired) electrons. The molecule has 8 heteroatoms. The van der Waals surface area contributed by atoms with Gasteiger partial charge in [-0.2, -0.15) is 0 Å². The minimum absolute atomic E-state index is 0.191. The maximum Gasteiger partial charge on any atom is 0.309 e. The molecule has 34 heavy (non-hydrogen) atoms. The van der Waals surface area contributed by atoms with Crippen LogP contribution in [0.3, 0.4) is 0 Å². The molecular formula is C26H44O8. The Labute approximate surface area is 203 Å². The lowest BCUT2D eigenvalue weighted by Crippen LogP contribution is -2.46. The molecule has 1 aliphatic carbocycles. The number of unbranched alkanes of at least 4 members (excludes halogenated alkanes) is 2. The van der Waals surface area contributed by atoms with Crippen LogP contribution in [-0.4, -0.2) is 47.3 Å². The molecule has 6 unspecified atom stereocenters. The largest absolute Gasteiger partial charge is 0.481 e. The van der Waals surface area contributed by atoms with E-state index in [2.05, 4.69) is 13.8 Å². The molecule has 8 nitrogen and oxygen atoms in total. The predicted octanol–water partition coefficient (Wildman–Crippen LogP) is 4.93. The fourth-order valence-electron chi connectivity index (χ4n) is 4.68. The molecule has 0 bridgehead atoms. The minimum atomic E-state index is -1.25. The van der Waals surface area contributed by atoms with Gasteiger partial charge in [-0.3, -0.25) is 19.2 Å². The maximum atomic E-state index is 12.9. The van der Waals surface area contributed by atoms with Crippen molar-refractivity contribution >= 4 is 23.9 Å². The summed E-state index contributed by atoms with van der Waals surface area (Å²) in [4.78, 5) is 49.6. The highest BCUT2D eigenvalue weighted by Gasteiger charge is 2.50. The first-order valence-electron chi connectivity index (χ1n) is 13.0. The summed E-state index contributed by atoms with van der Waals surface area (Å²) in [6, 6.07) is 0. The first-order valence-corrected chi connectivity index (χ1v) is 13.0. The van der Waals surface area contributed by atoms with Crippen molar-refractivity contribution in [1.82, 2.24) is 0 Å². The van der Waals surface area contributed by atoms with Gasteiger partial charge in [0.05, 0.1) is 36.9 Å². The molecule has 0 aromatic heterocycles. The Bertz CT molecular complexity index is 607. The summed E-state index contributed by atoms with van der Waals surface area (Å²) >= 11 is 0. The molecule has 1 rings (SSSR count). The van der Waals surface area contributed by atoms with Crippen LogP contribution in [0.15, 0.2) is 0 Å². The van der Waals surface area contributed by atoms with E-state index < -0.39 is 47.5 Å². The monoisotopic (exact) mass is 484 g/mol. The third-order valence-corrected chi connectivity index (χ3v) is 7.24. The van der Waals surface area contributed by atoms with Crippen LogP contribution in [0.1, 0.15) is 91.9 Å². The summed E-state index contributed by atoms with van der Waals surface area (Å²) in [7, 11) is 0. The molecule has 0 aliphatic heterocycles. The summed E-state index contributed by atoms with van der Waals surface area (Å²) in [5.74, 6) is -8.01. The van der Waals surface area contributed by atoms with Gasteiger partial charge in [-0.05, 0) is 37.5 Å². The van der Waals surface area contributed by atoms with Crippen molar-refractivity contribution in [3.8, 4) is 0 Å². The van der Waals surface area contributed by atoms with Crippen LogP contribution >= 0.6 is 0 Å². The number of hydrogen-bond acceptors (Lipinski definition) is 6. The van der Waals surface area contributed by atoms with Gasteiger partial charge in [0.2, 0.25) is 0 Å². The van der Waals surface area contributed by atoms with Crippen molar-refractivity contribution in [2.24, 2.45) is 35.5 Å². The third kappa shape index (κ3) is 9.26. The molecule has 0 amide bonds. The maximum absolute atomic E-state index is 12.9. The molecule has 1 aliphatic rings. The van der Waals surface area contributed by atoms with Crippen molar-refractivity contribution in [2.75, 3.05) is 13.2 Å². The van der Waals surface area contributed by atoms with Gasteiger partial charge in [-0.15, -0.1) is 0 Å². The number of carboxylic acid groups (broad SMARTS) is 2. The van der Waals surface area contributed by atoms with Crippen molar-refractivity contribution in [2.45, 2.75) is 91.9 Å². The molecule has 196 valence electrons. The Hall–Kier alpha value is -2.12. The van der Waals surface area contributed by atoms with Crippen molar-refractivity contribution < 1.29 is 38.9 Å². The third-order valence-electron chi connectivity index (χ3n) is 7.24. The predicted molar refractivity (Wildman–Crippen MR) is 127 cm³/mol. The van der Waals surface area contributed by atoms with Gasteiger partial charge in [0.1, 0.15) is 0 Å². The second-order valence-corrected chi connectivity index (χ2v) is 9.67.